The summed E-state index contributed by atoms with van der Waals surface area (Å²) in [6.07, 6.45) is -28.7. The number of hydrogen-bond donors (Lipinski definition) is 1. The maximum Gasteiger partial charge on any atom is 0.436 e. The molecule has 0 aliphatic rings. The first kappa shape index (κ1) is 34.7. The third kappa shape index (κ3) is 5.49. The predicted molar refractivity (Wildman–Crippen MR) is 92.0 cm³/mol. The van der Waals surface area contributed by atoms with Gasteiger partial charge in [0.1, 0.15) is 6.61 Å². The van der Waals surface area contributed by atoms with Gasteiger partial charge in [-0.15, -0.1) is 0 Å². The molecule has 1 N–H and O–H groups in total. The van der Waals surface area contributed by atoms with Crippen molar-refractivity contribution in [3.05, 3.63) is 46.3 Å². The lowest BCUT2D eigenvalue weighted by atomic mass is 9.93. The van der Waals surface area contributed by atoms with Gasteiger partial charge in [0.2, 0.25) is 0 Å². The molecule has 0 unspecified atom stereocenters. The van der Waals surface area contributed by atoms with Crippen LogP contribution in [0.15, 0.2) is 0 Å². The Morgan fingerprint density at radius 1 is 0.500 bits per heavy atom. The summed E-state index contributed by atoms with van der Waals surface area (Å²) in [6.45, 7) is -3.11. The lowest BCUT2D eigenvalue weighted by Crippen LogP contribution is -2.51. The zero-order valence-corrected chi connectivity index (χ0v) is 18.8. The van der Waals surface area contributed by atoms with Crippen molar-refractivity contribution in [2.24, 2.45) is 0 Å². The van der Waals surface area contributed by atoms with E-state index in [-0.39, 0.29) is 0 Å². The smallest absolute Gasteiger partial charge is 0.436 e. The Kier molecular flexibility index (Phi) is 8.80. The summed E-state index contributed by atoms with van der Waals surface area (Å²) < 4.78 is 270. The maximum absolute atomic E-state index is 14.4. The first-order valence-corrected chi connectivity index (χ1v) is 9.77. The fraction of sp³-hybridized carbons (Fsp3) is 0.444. The number of alkyl halides is 14. The fourth-order valence-electron chi connectivity index (χ4n) is 3.03. The molecule has 238 valence electrons. The van der Waals surface area contributed by atoms with E-state index in [0.717, 1.165) is 0 Å². The van der Waals surface area contributed by atoms with E-state index >= 15 is 0 Å². The Bertz CT molecular complexity index is 1200. The minimum Gasteiger partial charge on any atom is -0.474 e. The molecule has 42 heavy (non-hydrogen) atoms. The number of nitrogens with one attached hydrogen (secondary N) is 1. The topological polar surface area (TPSA) is 47.0 Å². The van der Waals surface area contributed by atoms with Gasteiger partial charge in [-0.05, 0) is 0 Å². The highest BCUT2D eigenvalue weighted by molar-refractivity contribution is 5.44. The molecule has 2 heterocycles. The van der Waals surface area contributed by atoms with Crippen LogP contribution in [0.25, 0.3) is 0 Å². The number of halogens is 20. The second-order valence-electron chi connectivity index (χ2n) is 7.55. The summed E-state index contributed by atoms with van der Waals surface area (Å²) in [5, 5.41) is 1.23. The van der Waals surface area contributed by atoms with Gasteiger partial charge in [-0.2, -0.15) is 71.4 Å². The third-order valence-corrected chi connectivity index (χ3v) is 4.93. The zero-order chi connectivity index (χ0) is 33.0. The van der Waals surface area contributed by atoms with Crippen LogP contribution in [-0.2, 0) is 11.3 Å². The van der Waals surface area contributed by atoms with Gasteiger partial charge in [-0.3, -0.25) is 0 Å². The number of rotatable bonds is 7. The first-order chi connectivity index (χ1) is 18.7. The molecular formula is C18H5F20N3O. The van der Waals surface area contributed by atoms with Crippen LogP contribution in [-0.4, -0.2) is 47.8 Å². The summed E-state index contributed by atoms with van der Waals surface area (Å²) in [5.74, 6) is -23.8. The van der Waals surface area contributed by atoms with E-state index in [0.29, 0.717) is 0 Å². The number of ether oxygens (including phenoxy) is 1. The number of anilines is 1. The van der Waals surface area contributed by atoms with Gasteiger partial charge in [-0.25, -0.2) is 26.3 Å². The van der Waals surface area contributed by atoms with E-state index in [2.05, 4.69) is 14.7 Å². The van der Waals surface area contributed by atoms with Crippen LogP contribution in [0.3, 0.4) is 0 Å². The highest BCUT2D eigenvalue weighted by Crippen LogP contribution is 2.56. The van der Waals surface area contributed by atoms with Gasteiger partial charge >= 0.3 is 36.0 Å². The summed E-state index contributed by atoms with van der Waals surface area (Å²) in [6, 6.07) is 0. The fourth-order valence-corrected chi connectivity index (χ4v) is 3.03. The Morgan fingerprint density at radius 2 is 0.857 bits per heavy atom. The predicted octanol–water partition coefficient (Wildman–Crippen LogP) is 7.38. The Balaban J connectivity index is 2.48. The van der Waals surface area contributed by atoms with Crippen LogP contribution in [0.2, 0.25) is 0 Å². The lowest BCUT2D eigenvalue weighted by Gasteiger charge is -2.31. The summed E-state index contributed by atoms with van der Waals surface area (Å²) in [4.78, 5) is 4.35. The van der Waals surface area contributed by atoms with Crippen molar-refractivity contribution in [2.45, 2.75) is 36.0 Å². The largest absolute Gasteiger partial charge is 0.474 e. The van der Waals surface area contributed by atoms with Gasteiger partial charge in [0.15, 0.2) is 29.1 Å². The Morgan fingerprint density at radius 3 is 1.24 bits per heavy atom. The van der Waals surface area contributed by atoms with Crippen LogP contribution < -0.4 is 10.1 Å². The molecule has 2 aromatic rings. The van der Waals surface area contributed by atoms with Gasteiger partial charge in [-0.1, -0.05) is 0 Å². The van der Waals surface area contributed by atoms with Crippen molar-refractivity contribution in [1.29, 1.82) is 0 Å². The maximum atomic E-state index is 14.4. The number of pyridine rings is 2. The van der Waals surface area contributed by atoms with E-state index in [4.69, 9.17) is 0 Å². The molecular weight excluding hydrogens is 654 g/mol. The molecule has 4 nitrogen and oxygen atoms in total. The molecule has 24 heteroatoms. The molecule has 0 saturated carbocycles. The average Bonchev–Trinajstić information content (AvgIpc) is 2.79. The Labute approximate surface area is 216 Å². The Hall–Kier alpha value is -3.50. The SMILES string of the molecule is Fc1nc(NCCOc2nc(F)c(F)c(C(F)(C(F)(F)F)C(F)(F)F)c2F)c(F)c(C(F)(C(F)(F)F)C(F)(F)F)c1F. The molecule has 0 saturated heterocycles. The number of nitrogens with zero attached hydrogens (tertiary/aromatic N) is 2. The van der Waals surface area contributed by atoms with E-state index in [9.17, 15) is 87.8 Å². The highest BCUT2D eigenvalue weighted by Gasteiger charge is 2.77. The molecule has 0 aliphatic carbocycles. The third-order valence-electron chi connectivity index (χ3n) is 4.93. The quantitative estimate of drug-likeness (QED) is 0.192. The highest BCUT2D eigenvalue weighted by atomic mass is 19.4. The average molecular weight is 659 g/mol. The van der Waals surface area contributed by atoms with E-state index in [1.165, 1.54) is 5.32 Å². The number of aromatic nitrogens is 2. The minimum atomic E-state index is -7.19. The van der Waals surface area contributed by atoms with E-state index < -0.39 is 107 Å². The monoisotopic (exact) mass is 659 g/mol. The van der Waals surface area contributed by atoms with Crippen molar-refractivity contribution in [3.8, 4) is 5.88 Å². The lowest BCUT2D eigenvalue weighted by molar-refractivity contribution is -0.351. The van der Waals surface area contributed by atoms with Gasteiger partial charge in [0.25, 0.3) is 17.8 Å². The molecule has 2 rings (SSSR count). The standard InChI is InChI=1S/C18H5F20N3O/c19-5-3(13(25,15(27,28)29)16(30,31)32)7(21)11(40-9(5)23)39-1-2-42-12-8(22)4(6(20)10(24)41-12)14(26,17(33,34)35)18(36,37)38/h1-2H2,(H,39,40). The van der Waals surface area contributed by atoms with Gasteiger partial charge in [0.05, 0.1) is 17.7 Å². The van der Waals surface area contributed by atoms with Crippen LogP contribution >= 0.6 is 0 Å². The van der Waals surface area contributed by atoms with Crippen LogP contribution in [0, 0.1) is 35.2 Å². The second-order valence-corrected chi connectivity index (χ2v) is 7.55. The zero-order valence-electron chi connectivity index (χ0n) is 18.8. The molecule has 0 fully saturated rings. The van der Waals surface area contributed by atoms with Crippen LogP contribution in [0.5, 0.6) is 5.88 Å². The van der Waals surface area contributed by atoms with Crippen LogP contribution in [0.4, 0.5) is 93.6 Å². The summed E-state index contributed by atoms with van der Waals surface area (Å²) in [5.41, 5.74) is -21.1. The molecule has 0 amide bonds. The molecule has 0 spiro atoms. The van der Waals surface area contributed by atoms with E-state index in [1.54, 1.807) is 0 Å². The second kappa shape index (κ2) is 10.6. The van der Waals surface area contributed by atoms with Crippen molar-refractivity contribution in [1.82, 2.24) is 9.97 Å². The van der Waals surface area contributed by atoms with Crippen molar-refractivity contribution in [3.63, 3.8) is 0 Å². The first-order valence-electron chi connectivity index (χ1n) is 9.77. The summed E-state index contributed by atoms with van der Waals surface area (Å²) in [7, 11) is 0. The van der Waals surface area contributed by atoms with Gasteiger partial charge in [0, 0.05) is 0 Å². The molecule has 0 atom stereocenters. The molecule has 0 radical (unpaired) electrons. The molecule has 0 aliphatic heterocycles. The molecule has 0 bridgehead atoms. The van der Waals surface area contributed by atoms with Crippen molar-refractivity contribution in [2.75, 3.05) is 18.5 Å². The molecule has 0 aromatic carbocycles. The van der Waals surface area contributed by atoms with Gasteiger partial charge < -0.3 is 10.1 Å². The minimum absolute atomic E-state index is 1.23. The normalized spacial score (nSPS) is 13.9. The van der Waals surface area contributed by atoms with Crippen molar-refractivity contribution < 1.29 is 92.5 Å². The van der Waals surface area contributed by atoms with E-state index in [1.807, 2.05) is 0 Å². The van der Waals surface area contributed by atoms with Crippen molar-refractivity contribution >= 4 is 5.82 Å². The molecule has 2 aromatic heterocycles. The number of hydrogen-bond acceptors (Lipinski definition) is 4. The summed E-state index contributed by atoms with van der Waals surface area (Å²) >= 11 is 0. The van der Waals surface area contributed by atoms with Crippen LogP contribution in [0.1, 0.15) is 11.1 Å².